The van der Waals surface area contributed by atoms with Gasteiger partial charge in [-0.15, -0.1) is 10.2 Å². The Labute approximate surface area is 209 Å². The Kier molecular flexibility index (Phi) is 8.74. The molecule has 3 rings (SSSR count). The van der Waals surface area contributed by atoms with Gasteiger partial charge < -0.3 is 15.2 Å². The van der Waals surface area contributed by atoms with Crippen molar-refractivity contribution in [1.82, 2.24) is 20.1 Å². The monoisotopic (exact) mass is 499 g/mol. The summed E-state index contributed by atoms with van der Waals surface area (Å²) < 4.78 is 1.94. The van der Waals surface area contributed by atoms with Gasteiger partial charge in [-0.05, 0) is 50.5 Å². The SMILES string of the molecule is CCn1c(SCC(=O)Nc2ccc(C)cc2C)nnc1[C@H](NC(=O)c1ccccc1Cl)C(C)C. The second-order valence-corrected chi connectivity index (χ2v) is 9.76. The Morgan fingerprint density at radius 3 is 2.50 bits per heavy atom. The molecule has 1 aromatic heterocycles. The molecule has 0 aliphatic carbocycles. The highest BCUT2D eigenvalue weighted by Crippen LogP contribution is 2.26. The summed E-state index contributed by atoms with van der Waals surface area (Å²) in [6.45, 7) is 10.6. The quantitative estimate of drug-likeness (QED) is 0.383. The topological polar surface area (TPSA) is 88.9 Å². The molecule has 7 nitrogen and oxygen atoms in total. The Bertz CT molecular complexity index is 1180. The highest BCUT2D eigenvalue weighted by atomic mass is 35.5. The fraction of sp³-hybridized carbons (Fsp3) is 0.360. The van der Waals surface area contributed by atoms with Crippen molar-refractivity contribution in [3.63, 3.8) is 0 Å². The summed E-state index contributed by atoms with van der Waals surface area (Å²) in [4.78, 5) is 25.4. The van der Waals surface area contributed by atoms with Crippen LogP contribution in [0.15, 0.2) is 47.6 Å². The average molecular weight is 500 g/mol. The van der Waals surface area contributed by atoms with Gasteiger partial charge in [0.15, 0.2) is 11.0 Å². The predicted molar refractivity (Wildman–Crippen MR) is 137 cm³/mol. The minimum absolute atomic E-state index is 0.0617. The lowest BCUT2D eigenvalue weighted by atomic mass is 10.0. The average Bonchev–Trinajstić information content (AvgIpc) is 3.20. The van der Waals surface area contributed by atoms with E-state index in [-0.39, 0.29) is 29.5 Å². The Morgan fingerprint density at radius 2 is 1.85 bits per heavy atom. The van der Waals surface area contributed by atoms with E-state index in [1.165, 1.54) is 11.8 Å². The maximum absolute atomic E-state index is 12.9. The number of aromatic nitrogens is 3. The molecule has 2 amide bonds. The van der Waals surface area contributed by atoms with Crippen molar-refractivity contribution < 1.29 is 9.59 Å². The van der Waals surface area contributed by atoms with Crippen molar-refractivity contribution in [2.24, 2.45) is 5.92 Å². The number of thioether (sulfide) groups is 1. The van der Waals surface area contributed by atoms with Gasteiger partial charge in [-0.25, -0.2) is 0 Å². The molecule has 0 bridgehead atoms. The van der Waals surface area contributed by atoms with Crippen LogP contribution in [-0.2, 0) is 11.3 Å². The Balaban J connectivity index is 1.72. The summed E-state index contributed by atoms with van der Waals surface area (Å²) in [5.41, 5.74) is 3.38. The van der Waals surface area contributed by atoms with Crippen LogP contribution < -0.4 is 10.6 Å². The molecule has 0 spiro atoms. The molecule has 0 saturated heterocycles. The van der Waals surface area contributed by atoms with Crippen LogP contribution in [0, 0.1) is 19.8 Å². The van der Waals surface area contributed by atoms with E-state index in [1.807, 2.05) is 57.4 Å². The number of rotatable bonds is 9. The number of aryl methyl sites for hydroxylation is 2. The minimum atomic E-state index is -0.366. The second kappa shape index (κ2) is 11.5. The first-order chi connectivity index (χ1) is 16.2. The number of halogens is 1. The molecule has 1 heterocycles. The fourth-order valence-corrected chi connectivity index (χ4v) is 4.63. The fourth-order valence-electron chi connectivity index (χ4n) is 3.60. The number of hydrogen-bond acceptors (Lipinski definition) is 5. The lowest BCUT2D eigenvalue weighted by Crippen LogP contribution is -2.34. The van der Waals surface area contributed by atoms with Crippen LogP contribution in [0.1, 0.15) is 54.1 Å². The third-order valence-electron chi connectivity index (χ3n) is 5.40. The first-order valence-corrected chi connectivity index (χ1v) is 12.6. The highest BCUT2D eigenvalue weighted by Gasteiger charge is 2.26. The zero-order valence-corrected chi connectivity index (χ0v) is 21.6. The van der Waals surface area contributed by atoms with Crippen molar-refractivity contribution in [2.45, 2.75) is 52.4 Å². The Morgan fingerprint density at radius 1 is 1.12 bits per heavy atom. The lowest BCUT2D eigenvalue weighted by Gasteiger charge is -2.22. The molecule has 9 heteroatoms. The first-order valence-electron chi connectivity index (χ1n) is 11.2. The molecule has 0 saturated carbocycles. The molecular formula is C25H30ClN5O2S. The van der Waals surface area contributed by atoms with E-state index in [4.69, 9.17) is 11.6 Å². The normalized spacial score (nSPS) is 12.0. The summed E-state index contributed by atoms with van der Waals surface area (Å²) in [5.74, 6) is 0.527. The van der Waals surface area contributed by atoms with Crippen LogP contribution in [-0.4, -0.2) is 32.3 Å². The minimum Gasteiger partial charge on any atom is -0.342 e. The third-order valence-corrected chi connectivity index (χ3v) is 6.70. The summed E-state index contributed by atoms with van der Waals surface area (Å²) >= 11 is 7.52. The molecule has 0 unspecified atom stereocenters. The number of anilines is 1. The van der Waals surface area contributed by atoms with Gasteiger partial charge in [0.1, 0.15) is 0 Å². The van der Waals surface area contributed by atoms with Crippen molar-refractivity contribution in [3.05, 3.63) is 70.0 Å². The molecule has 0 aliphatic rings. The van der Waals surface area contributed by atoms with Crippen LogP contribution in [0.5, 0.6) is 0 Å². The number of nitrogens with zero attached hydrogens (tertiary/aromatic N) is 3. The van der Waals surface area contributed by atoms with Gasteiger partial charge in [0, 0.05) is 12.2 Å². The number of hydrogen-bond donors (Lipinski definition) is 2. The molecule has 3 aromatic rings. The smallest absolute Gasteiger partial charge is 0.253 e. The van der Waals surface area contributed by atoms with Gasteiger partial charge in [0.2, 0.25) is 5.91 Å². The van der Waals surface area contributed by atoms with E-state index in [9.17, 15) is 9.59 Å². The van der Waals surface area contributed by atoms with Gasteiger partial charge in [-0.1, -0.05) is 67.0 Å². The van der Waals surface area contributed by atoms with Crippen LogP contribution in [0.4, 0.5) is 5.69 Å². The highest BCUT2D eigenvalue weighted by molar-refractivity contribution is 7.99. The molecule has 2 aromatic carbocycles. The van der Waals surface area contributed by atoms with Gasteiger partial charge in [0.05, 0.1) is 22.4 Å². The van der Waals surface area contributed by atoms with Gasteiger partial charge in [-0.2, -0.15) is 0 Å². The zero-order valence-electron chi connectivity index (χ0n) is 20.1. The van der Waals surface area contributed by atoms with Crippen LogP contribution >= 0.6 is 23.4 Å². The van der Waals surface area contributed by atoms with Gasteiger partial charge in [-0.3, -0.25) is 9.59 Å². The third kappa shape index (κ3) is 6.18. The zero-order chi connectivity index (χ0) is 24.8. The maximum Gasteiger partial charge on any atom is 0.253 e. The van der Waals surface area contributed by atoms with Crippen molar-refractivity contribution in [2.75, 3.05) is 11.1 Å². The second-order valence-electron chi connectivity index (χ2n) is 8.42. The summed E-state index contributed by atoms with van der Waals surface area (Å²) in [7, 11) is 0. The number of carbonyl (C=O) groups is 2. The number of carbonyl (C=O) groups excluding carboxylic acids is 2. The van der Waals surface area contributed by atoms with Crippen LogP contribution in [0.3, 0.4) is 0 Å². The summed E-state index contributed by atoms with van der Waals surface area (Å²) in [5, 5.41) is 15.7. The molecule has 180 valence electrons. The molecular weight excluding hydrogens is 470 g/mol. The largest absolute Gasteiger partial charge is 0.342 e. The van der Waals surface area contributed by atoms with E-state index in [0.717, 1.165) is 16.8 Å². The summed E-state index contributed by atoms with van der Waals surface area (Å²) in [6.07, 6.45) is 0. The molecule has 0 aliphatic heterocycles. The standard InChI is InChI=1S/C25H30ClN5O2S/c1-6-31-23(22(15(2)3)28-24(33)18-9-7-8-10-19(18)26)29-30-25(31)34-14-21(32)27-20-12-11-16(4)13-17(20)5/h7-13,15,22H,6,14H2,1-5H3,(H,27,32)(H,28,33)/t22-/m1/s1. The van der Waals surface area contributed by atoms with E-state index < -0.39 is 0 Å². The van der Waals surface area contributed by atoms with E-state index in [2.05, 4.69) is 20.8 Å². The van der Waals surface area contributed by atoms with Crippen LogP contribution in [0.2, 0.25) is 5.02 Å². The number of benzene rings is 2. The lowest BCUT2D eigenvalue weighted by molar-refractivity contribution is -0.113. The first kappa shape index (κ1) is 25.8. The molecule has 34 heavy (non-hydrogen) atoms. The molecule has 2 N–H and O–H groups in total. The van der Waals surface area contributed by atoms with E-state index in [1.54, 1.807) is 24.3 Å². The van der Waals surface area contributed by atoms with Gasteiger partial charge >= 0.3 is 0 Å². The Hall–Kier alpha value is -2.84. The summed E-state index contributed by atoms with van der Waals surface area (Å²) in [6, 6.07) is 12.5. The molecule has 0 fully saturated rings. The predicted octanol–water partition coefficient (Wildman–Crippen LogP) is 5.43. The number of nitrogens with one attached hydrogen (secondary N) is 2. The van der Waals surface area contributed by atoms with E-state index >= 15 is 0 Å². The maximum atomic E-state index is 12.9. The van der Waals surface area contributed by atoms with Crippen molar-refractivity contribution in [1.29, 1.82) is 0 Å². The van der Waals surface area contributed by atoms with Gasteiger partial charge in [0.25, 0.3) is 5.91 Å². The van der Waals surface area contributed by atoms with Crippen molar-refractivity contribution in [3.8, 4) is 0 Å². The number of amides is 2. The van der Waals surface area contributed by atoms with Crippen molar-refractivity contribution >= 4 is 40.9 Å². The molecule has 1 atom stereocenters. The molecule has 0 radical (unpaired) electrons. The van der Waals surface area contributed by atoms with E-state index in [0.29, 0.717) is 28.1 Å². The van der Waals surface area contributed by atoms with Crippen LogP contribution in [0.25, 0.3) is 0 Å².